The number of carbonyl (C=O) groups is 2. The molecule has 2 amide bonds. The first-order chi connectivity index (χ1) is 9.40. The molecule has 1 aromatic carbocycles. The number of carboxylic acid groups (broad SMARTS) is 1. The van der Waals surface area contributed by atoms with Gasteiger partial charge in [0.1, 0.15) is 5.54 Å². The average Bonchev–Trinajstić information content (AvgIpc) is 2.38. The van der Waals surface area contributed by atoms with Crippen molar-refractivity contribution in [2.75, 3.05) is 5.32 Å². The molecule has 0 aliphatic heterocycles. The zero-order valence-corrected chi connectivity index (χ0v) is 11.2. The van der Waals surface area contributed by atoms with Crippen molar-refractivity contribution < 1.29 is 14.7 Å². The monoisotopic (exact) mass is 273 g/mol. The standard InChI is InChI=1S/C14H15N3O3/c1-14(2,12(18)19)17-13(20)16-11-5-3-4-9-8-15-7-6-10(9)11/h3-8H,1-2H3,(H,18,19)(H2,16,17,20). The molecule has 0 bridgehead atoms. The minimum atomic E-state index is -1.34. The van der Waals surface area contributed by atoms with E-state index in [0.717, 1.165) is 10.8 Å². The molecule has 1 aromatic heterocycles. The van der Waals surface area contributed by atoms with Crippen LogP contribution in [0, 0.1) is 0 Å². The molecule has 20 heavy (non-hydrogen) atoms. The van der Waals surface area contributed by atoms with Crippen LogP contribution in [0.2, 0.25) is 0 Å². The van der Waals surface area contributed by atoms with E-state index in [9.17, 15) is 9.59 Å². The molecule has 2 aromatic rings. The van der Waals surface area contributed by atoms with Gasteiger partial charge in [0.15, 0.2) is 0 Å². The number of aromatic nitrogens is 1. The molecule has 0 radical (unpaired) electrons. The van der Waals surface area contributed by atoms with Gasteiger partial charge in [-0.05, 0) is 26.0 Å². The number of pyridine rings is 1. The van der Waals surface area contributed by atoms with Crippen LogP contribution >= 0.6 is 0 Å². The van der Waals surface area contributed by atoms with Crippen molar-refractivity contribution in [1.29, 1.82) is 0 Å². The third kappa shape index (κ3) is 2.85. The largest absolute Gasteiger partial charge is 0.480 e. The maximum Gasteiger partial charge on any atom is 0.328 e. The van der Waals surface area contributed by atoms with Gasteiger partial charge in [-0.3, -0.25) is 4.98 Å². The van der Waals surface area contributed by atoms with E-state index in [1.54, 1.807) is 30.6 Å². The maximum atomic E-state index is 11.9. The molecule has 0 spiro atoms. The van der Waals surface area contributed by atoms with Crippen LogP contribution in [0.4, 0.5) is 10.5 Å². The van der Waals surface area contributed by atoms with Crippen molar-refractivity contribution in [2.45, 2.75) is 19.4 Å². The Labute approximate surface area is 115 Å². The van der Waals surface area contributed by atoms with E-state index in [-0.39, 0.29) is 0 Å². The Morgan fingerprint density at radius 2 is 2.00 bits per heavy atom. The van der Waals surface area contributed by atoms with Crippen LogP contribution < -0.4 is 10.6 Å². The maximum absolute atomic E-state index is 11.9. The Morgan fingerprint density at radius 1 is 1.25 bits per heavy atom. The molecule has 104 valence electrons. The molecule has 0 aliphatic carbocycles. The molecule has 0 atom stereocenters. The van der Waals surface area contributed by atoms with Crippen LogP contribution in [-0.2, 0) is 4.79 Å². The summed E-state index contributed by atoms with van der Waals surface area (Å²) in [4.78, 5) is 26.9. The molecule has 0 fully saturated rings. The quantitative estimate of drug-likeness (QED) is 0.799. The van der Waals surface area contributed by atoms with Crippen LogP contribution in [-0.4, -0.2) is 27.6 Å². The highest BCUT2D eigenvalue weighted by molar-refractivity contribution is 6.02. The summed E-state index contributed by atoms with van der Waals surface area (Å²) < 4.78 is 0. The Hall–Kier alpha value is -2.63. The Balaban J connectivity index is 2.21. The predicted octanol–water partition coefficient (Wildman–Crippen LogP) is 2.22. The Bertz CT molecular complexity index is 662. The molecule has 1 heterocycles. The molecule has 6 heteroatoms. The summed E-state index contributed by atoms with van der Waals surface area (Å²) in [6.07, 6.45) is 3.33. The van der Waals surface area contributed by atoms with Gasteiger partial charge in [0.05, 0.1) is 5.69 Å². The first-order valence-electron chi connectivity index (χ1n) is 6.05. The highest BCUT2D eigenvalue weighted by Gasteiger charge is 2.28. The summed E-state index contributed by atoms with van der Waals surface area (Å²) in [7, 11) is 0. The lowest BCUT2D eigenvalue weighted by Gasteiger charge is -2.21. The number of urea groups is 1. The summed E-state index contributed by atoms with van der Waals surface area (Å²) in [6.45, 7) is 2.84. The minimum absolute atomic E-state index is 0.568. The molecular formula is C14H15N3O3. The van der Waals surface area contributed by atoms with Gasteiger partial charge in [-0.25, -0.2) is 9.59 Å². The molecule has 0 unspecified atom stereocenters. The van der Waals surface area contributed by atoms with E-state index in [4.69, 9.17) is 5.11 Å². The number of carbonyl (C=O) groups excluding carboxylic acids is 1. The van der Waals surface area contributed by atoms with Crippen LogP contribution in [0.3, 0.4) is 0 Å². The summed E-state index contributed by atoms with van der Waals surface area (Å²) in [5.41, 5.74) is -0.737. The number of carboxylic acids is 1. The van der Waals surface area contributed by atoms with E-state index in [1.807, 2.05) is 6.07 Å². The molecular weight excluding hydrogens is 258 g/mol. The van der Waals surface area contributed by atoms with E-state index >= 15 is 0 Å². The topological polar surface area (TPSA) is 91.3 Å². The molecule has 0 saturated heterocycles. The normalized spacial score (nSPS) is 11.1. The van der Waals surface area contributed by atoms with Gasteiger partial charge < -0.3 is 15.7 Å². The van der Waals surface area contributed by atoms with Crippen LogP contribution in [0.5, 0.6) is 0 Å². The molecule has 0 aliphatic rings. The Morgan fingerprint density at radius 3 is 2.70 bits per heavy atom. The summed E-state index contributed by atoms with van der Waals surface area (Å²) >= 11 is 0. The van der Waals surface area contributed by atoms with Crippen molar-refractivity contribution in [3.05, 3.63) is 36.7 Å². The van der Waals surface area contributed by atoms with Crippen LogP contribution in [0.15, 0.2) is 36.7 Å². The second-order valence-electron chi connectivity index (χ2n) is 4.91. The number of amides is 2. The van der Waals surface area contributed by atoms with Gasteiger partial charge in [0, 0.05) is 23.2 Å². The van der Waals surface area contributed by atoms with E-state index in [1.165, 1.54) is 13.8 Å². The second kappa shape index (κ2) is 5.16. The molecule has 2 rings (SSSR count). The van der Waals surface area contributed by atoms with Crippen molar-refractivity contribution in [1.82, 2.24) is 10.3 Å². The lowest BCUT2D eigenvalue weighted by atomic mass is 10.1. The van der Waals surface area contributed by atoms with Gasteiger partial charge in [-0.15, -0.1) is 0 Å². The van der Waals surface area contributed by atoms with Crippen molar-refractivity contribution in [2.24, 2.45) is 0 Å². The van der Waals surface area contributed by atoms with Crippen molar-refractivity contribution in [3.63, 3.8) is 0 Å². The van der Waals surface area contributed by atoms with Gasteiger partial charge in [-0.2, -0.15) is 0 Å². The van der Waals surface area contributed by atoms with Gasteiger partial charge in [-0.1, -0.05) is 12.1 Å². The third-order valence-corrected chi connectivity index (χ3v) is 2.89. The zero-order valence-electron chi connectivity index (χ0n) is 11.2. The zero-order chi connectivity index (χ0) is 14.8. The number of benzene rings is 1. The molecule has 3 N–H and O–H groups in total. The van der Waals surface area contributed by atoms with Gasteiger partial charge in [0.25, 0.3) is 0 Å². The molecule has 6 nitrogen and oxygen atoms in total. The highest BCUT2D eigenvalue weighted by Crippen LogP contribution is 2.22. The first kappa shape index (κ1) is 13.8. The number of anilines is 1. The van der Waals surface area contributed by atoms with E-state index in [0.29, 0.717) is 5.69 Å². The number of hydrogen-bond acceptors (Lipinski definition) is 3. The van der Waals surface area contributed by atoms with E-state index < -0.39 is 17.5 Å². The summed E-state index contributed by atoms with van der Waals surface area (Å²) in [6, 6.07) is 6.64. The first-order valence-corrected chi connectivity index (χ1v) is 6.05. The van der Waals surface area contributed by atoms with Crippen molar-refractivity contribution >= 4 is 28.5 Å². The third-order valence-electron chi connectivity index (χ3n) is 2.89. The number of aliphatic carboxylic acids is 1. The summed E-state index contributed by atoms with van der Waals surface area (Å²) in [5.74, 6) is -1.10. The fraction of sp³-hybridized carbons (Fsp3) is 0.214. The number of fused-ring (bicyclic) bond motifs is 1. The van der Waals surface area contributed by atoms with E-state index in [2.05, 4.69) is 15.6 Å². The fourth-order valence-corrected chi connectivity index (χ4v) is 1.72. The second-order valence-corrected chi connectivity index (χ2v) is 4.91. The Kier molecular flexibility index (Phi) is 3.56. The minimum Gasteiger partial charge on any atom is -0.480 e. The highest BCUT2D eigenvalue weighted by atomic mass is 16.4. The fourth-order valence-electron chi connectivity index (χ4n) is 1.72. The lowest BCUT2D eigenvalue weighted by Crippen LogP contribution is -2.51. The average molecular weight is 273 g/mol. The number of nitrogens with one attached hydrogen (secondary N) is 2. The molecule has 0 saturated carbocycles. The van der Waals surface area contributed by atoms with Crippen LogP contribution in [0.25, 0.3) is 10.8 Å². The van der Waals surface area contributed by atoms with Gasteiger partial charge >= 0.3 is 12.0 Å². The lowest BCUT2D eigenvalue weighted by molar-refractivity contribution is -0.142. The predicted molar refractivity (Wildman–Crippen MR) is 75.6 cm³/mol. The van der Waals surface area contributed by atoms with Crippen molar-refractivity contribution in [3.8, 4) is 0 Å². The number of rotatable bonds is 3. The number of nitrogens with zero attached hydrogens (tertiary/aromatic N) is 1. The van der Waals surface area contributed by atoms with Crippen LogP contribution in [0.1, 0.15) is 13.8 Å². The SMILES string of the molecule is CC(C)(NC(=O)Nc1cccc2cnccc12)C(=O)O. The number of hydrogen-bond donors (Lipinski definition) is 3. The smallest absolute Gasteiger partial charge is 0.328 e. The van der Waals surface area contributed by atoms with Gasteiger partial charge in [0.2, 0.25) is 0 Å². The summed E-state index contributed by atoms with van der Waals surface area (Å²) in [5, 5.41) is 15.8.